The van der Waals surface area contributed by atoms with Gasteiger partial charge in [-0.05, 0) is 40.0 Å². The van der Waals surface area contributed by atoms with Crippen LogP contribution in [0, 0.1) is 13.8 Å². The first-order valence-electron chi connectivity index (χ1n) is 8.68. The van der Waals surface area contributed by atoms with Gasteiger partial charge in [0.15, 0.2) is 5.96 Å². The number of rotatable bonds is 5. The van der Waals surface area contributed by atoms with E-state index in [4.69, 9.17) is 0 Å². The zero-order valence-electron chi connectivity index (χ0n) is 15.2. The summed E-state index contributed by atoms with van der Waals surface area (Å²) < 4.78 is 0. The van der Waals surface area contributed by atoms with Crippen molar-refractivity contribution in [1.29, 1.82) is 0 Å². The zero-order chi connectivity index (χ0) is 17.5. The van der Waals surface area contributed by atoms with Crippen LogP contribution in [0.1, 0.15) is 48.2 Å². The van der Waals surface area contributed by atoms with E-state index < -0.39 is 0 Å². The summed E-state index contributed by atoms with van der Waals surface area (Å²) in [5.41, 5.74) is 1.08. The fourth-order valence-corrected chi connectivity index (χ4v) is 3.77. The second-order valence-corrected chi connectivity index (χ2v) is 7.57. The Hall–Kier alpha value is -1.63. The average molecular weight is 352 g/mol. The van der Waals surface area contributed by atoms with Crippen molar-refractivity contribution in [3.63, 3.8) is 0 Å². The normalized spacial score (nSPS) is 18.6. The second kappa shape index (κ2) is 9.01. The van der Waals surface area contributed by atoms with Crippen molar-refractivity contribution in [2.24, 2.45) is 4.99 Å². The van der Waals surface area contributed by atoms with E-state index in [1.54, 1.807) is 18.4 Å². The van der Waals surface area contributed by atoms with Crippen molar-refractivity contribution in [3.05, 3.63) is 15.6 Å². The summed E-state index contributed by atoms with van der Waals surface area (Å²) >= 11 is 1.70. The third kappa shape index (κ3) is 5.19. The van der Waals surface area contributed by atoms with Crippen LogP contribution in [-0.2, 0) is 11.3 Å². The highest BCUT2D eigenvalue weighted by molar-refractivity contribution is 7.11. The zero-order valence-corrected chi connectivity index (χ0v) is 16.0. The summed E-state index contributed by atoms with van der Waals surface area (Å²) in [5, 5.41) is 7.51. The van der Waals surface area contributed by atoms with Crippen LogP contribution in [0.15, 0.2) is 4.99 Å². The van der Waals surface area contributed by atoms with Gasteiger partial charge in [0.05, 0.1) is 12.2 Å². The van der Waals surface area contributed by atoms with Crippen molar-refractivity contribution in [2.45, 2.75) is 59.0 Å². The number of likely N-dealkylation sites (tertiary alicyclic amines) is 1. The van der Waals surface area contributed by atoms with Gasteiger partial charge in [-0.1, -0.05) is 0 Å². The molecule has 2 heterocycles. The molecule has 0 radical (unpaired) electrons. The van der Waals surface area contributed by atoms with E-state index in [2.05, 4.69) is 34.5 Å². The molecule has 0 aromatic carbocycles. The molecule has 1 aromatic rings. The highest BCUT2D eigenvalue weighted by atomic mass is 32.1. The van der Waals surface area contributed by atoms with Gasteiger partial charge in [0, 0.05) is 37.5 Å². The van der Waals surface area contributed by atoms with Crippen LogP contribution in [-0.4, -0.2) is 47.9 Å². The van der Waals surface area contributed by atoms with Crippen molar-refractivity contribution >= 4 is 23.2 Å². The van der Waals surface area contributed by atoms with Gasteiger partial charge in [-0.25, -0.2) is 4.98 Å². The Kier molecular flexibility index (Phi) is 7.02. The molecule has 1 aliphatic heterocycles. The third-order valence-electron chi connectivity index (χ3n) is 4.46. The number of hydrogen-bond acceptors (Lipinski definition) is 4. The summed E-state index contributed by atoms with van der Waals surface area (Å²) in [7, 11) is 1.74. The van der Waals surface area contributed by atoms with E-state index in [1.807, 2.05) is 11.8 Å². The number of carbonyl (C=O) groups is 1. The summed E-state index contributed by atoms with van der Waals surface area (Å²) in [6.07, 6.45) is 3.98. The first-order chi connectivity index (χ1) is 11.5. The van der Waals surface area contributed by atoms with E-state index in [0.717, 1.165) is 30.1 Å². The third-order valence-corrected chi connectivity index (χ3v) is 5.53. The van der Waals surface area contributed by atoms with Crippen molar-refractivity contribution in [2.75, 3.05) is 20.1 Å². The van der Waals surface area contributed by atoms with E-state index >= 15 is 0 Å². The predicted octanol–water partition coefficient (Wildman–Crippen LogP) is 2.22. The van der Waals surface area contributed by atoms with Crippen LogP contribution in [0.2, 0.25) is 0 Å². The van der Waals surface area contributed by atoms with Crippen molar-refractivity contribution < 1.29 is 4.79 Å². The minimum absolute atomic E-state index is 0.233. The lowest BCUT2D eigenvalue weighted by Gasteiger charge is -2.33. The first-order valence-corrected chi connectivity index (χ1v) is 9.49. The topological polar surface area (TPSA) is 69.6 Å². The molecule has 2 N–H and O–H groups in total. The van der Waals surface area contributed by atoms with Gasteiger partial charge in [0.1, 0.15) is 5.01 Å². The Balaban J connectivity index is 1.72. The van der Waals surface area contributed by atoms with E-state index in [9.17, 15) is 4.79 Å². The lowest BCUT2D eigenvalue weighted by Crippen LogP contribution is -2.44. The van der Waals surface area contributed by atoms with Crippen molar-refractivity contribution in [3.8, 4) is 0 Å². The van der Waals surface area contributed by atoms with Gasteiger partial charge in [-0.2, -0.15) is 0 Å². The number of hydrogen-bond donors (Lipinski definition) is 2. The van der Waals surface area contributed by atoms with Gasteiger partial charge < -0.3 is 15.5 Å². The maximum absolute atomic E-state index is 12.3. The molecule has 1 amide bonds. The Labute approximate surface area is 148 Å². The lowest BCUT2D eigenvalue weighted by atomic mass is 10.0. The minimum atomic E-state index is 0.233. The van der Waals surface area contributed by atoms with Crippen LogP contribution in [0.4, 0.5) is 0 Å². The molecule has 1 atom stereocenters. The molecule has 7 heteroatoms. The minimum Gasteiger partial charge on any atom is -0.356 e. The van der Waals surface area contributed by atoms with Gasteiger partial charge in [0.25, 0.3) is 0 Å². The number of amides is 1. The average Bonchev–Trinajstić information content (AvgIpc) is 2.89. The van der Waals surface area contributed by atoms with Crippen LogP contribution >= 0.6 is 11.3 Å². The molecule has 1 saturated heterocycles. The van der Waals surface area contributed by atoms with E-state index in [-0.39, 0.29) is 5.91 Å². The SMILES string of the molecule is CN=C(NCCC(=O)N1CCCCC1C)NCc1nc(C)c(C)s1. The molecular weight excluding hydrogens is 322 g/mol. The Morgan fingerprint density at radius 1 is 1.38 bits per heavy atom. The lowest BCUT2D eigenvalue weighted by molar-refractivity contribution is -0.134. The molecular formula is C17H29N5OS. The summed E-state index contributed by atoms with van der Waals surface area (Å²) in [6.45, 7) is 8.39. The summed E-state index contributed by atoms with van der Waals surface area (Å²) in [5.74, 6) is 0.941. The van der Waals surface area contributed by atoms with Gasteiger partial charge >= 0.3 is 0 Å². The molecule has 1 unspecified atom stereocenters. The molecule has 1 aromatic heterocycles. The van der Waals surface area contributed by atoms with E-state index in [0.29, 0.717) is 31.5 Å². The number of aryl methyl sites for hydroxylation is 2. The van der Waals surface area contributed by atoms with Crippen LogP contribution in [0.3, 0.4) is 0 Å². The maximum Gasteiger partial charge on any atom is 0.224 e. The van der Waals surface area contributed by atoms with Gasteiger partial charge in [0.2, 0.25) is 5.91 Å². The summed E-state index contributed by atoms with van der Waals surface area (Å²) in [6, 6.07) is 0.375. The first kappa shape index (κ1) is 18.7. The fraction of sp³-hybridized carbons (Fsp3) is 0.706. The van der Waals surface area contributed by atoms with Crippen LogP contribution in [0.25, 0.3) is 0 Å². The Morgan fingerprint density at radius 2 is 2.17 bits per heavy atom. The molecule has 24 heavy (non-hydrogen) atoms. The van der Waals surface area contributed by atoms with Crippen LogP contribution < -0.4 is 10.6 Å². The number of piperidine rings is 1. The number of nitrogens with zero attached hydrogens (tertiary/aromatic N) is 3. The standard InChI is InChI=1S/C17H29N5OS/c1-12-7-5-6-10-22(12)16(23)8-9-19-17(18-4)20-11-15-21-13(2)14(3)24-15/h12H,5-11H2,1-4H3,(H2,18,19,20). The molecule has 0 aliphatic carbocycles. The Bertz CT molecular complexity index is 564. The molecule has 0 spiro atoms. The molecule has 2 rings (SSSR count). The maximum atomic E-state index is 12.3. The predicted molar refractivity (Wildman–Crippen MR) is 99.4 cm³/mol. The summed E-state index contributed by atoms with van der Waals surface area (Å²) in [4.78, 5) is 24.3. The van der Waals surface area contributed by atoms with Crippen LogP contribution in [0.5, 0.6) is 0 Å². The molecule has 134 valence electrons. The number of aromatic nitrogens is 1. The monoisotopic (exact) mass is 351 g/mol. The van der Waals surface area contributed by atoms with Gasteiger partial charge in [-0.15, -0.1) is 11.3 Å². The largest absolute Gasteiger partial charge is 0.356 e. The van der Waals surface area contributed by atoms with Crippen molar-refractivity contribution in [1.82, 2.24) is 20.5 Å². The number of nitrogens with one attached hydrogen (secondary N) is 2. The molecule has 0 saturated carbocycles. The number of aliphatic imine (C=N–C) groups is 1. The quantitative estimate of drug-likeness (QED) is 0.630. The van der Waals surface area contributed by atoms with E-state index in [1.165, 1.54) is 11.3 Å². The number of carbonyl (C=O) groups excluding carboxylic acids is 1. The number of guanidine groups is 1. The Morgan fingerprint density at radius 3 is 2.79 bits per heavy atom. The molecule has 6 nitrogen and oxygen atoms in total. The highest BCUT2D eigenvalue weighted by Crippen LogP contribution is 2.17. The fourth-order valence-electron chi connectivity index (χ4n) is 2.89. The smallest absolute Gasteiger partial charge is 0.224 e. The molecule has 1 fully saturated rings. The second-order valence-electron chi connectivity index (χ2n) is 6.28. The molecule has 1 aliphatic rings. The molecule has 0 bridgehead atoms. The van der Waals surface area contributed by atoms with Gasteiger partial charge in [-0.3, -0.25) is 9.79 Å². The number of thiazole rings is 1. The highest BCUT2D eigenvalue weighted by Gasteiger charge is 2.22.